The van der Waals surface area contributed by atoms with Crippen LogP contribution in [-0.2, 0) is 18.9 Å². The van der Waals surface area contributed by atoms with Crippen LogP contribution < -0.4 is 0 Å². The molecule has 1 aliphatic carbocycles. The molecule has 0 aromatic rings. The number of hydrogen-bond donors (Lipinski definition) is 0. The number of rotatable bonds is 1. The quantitative estimate of drug-likeness (QED) is 0.634. The van der Waals surface area contributed by atoms with Gasteiger partial charge in [0.25, 0.3) is 0 Å². The van der Waals surface area contributed by atoms with Crippen LogP contribution >= 0.6 is 23.5 Å². The maximum Gasteiger partial charge on any atom is 0.182 e. The van der Waals surface area contributed by atoms with Crippen LogP contribution in [0.2, 0.25) is 0 Å². The lowest BCUT2D eigenvalue weighted by atomic mass is 9.82. The van der Waals surface area contributed by atoms with Gasteiger partial charge in [-0.2, -0.15) is 0 Å². The van der Waals surface area contributed by atoms with Gasteiger partial charge in [-0.15, -0.1) is 23.5 Å². The molecule has 3 atom stereocenters. The normalized spacial score (nSPS) is 42.5. The Labute approximate surface area is 158 Å². The van der Waals surface area contributed by atoms with Crippen molar-refractivity contribution in [2.45, 2.75) is 79.7 Å². The van der Waals surface area contributed by atoms with Gasteiger partial charge in [0.05, 0.1) is 18.8 Å². The van der Waals surface area contributed by atoms with Crippen molar-refractivity contribution in [1.29, 1.82) is 0 Å². The second-order valence-corrected chi connectivity index (χ2v) is 11.2. The monoisotopic (exact) mass is 384 g/mol. The Morgan fingerprint density at radius 2 is 1.84 bits per heavy atom. The SMILES string of the molecule is C[C@@]12CCC3(SCCCS3)[C@@H](O[C@H]1C1=CCC3(CC1)OCCCO3)O2. The molecule has 0 saturated carbocycles. The molecule has 4 nitrogen and oxygen atoms in total. The average molecular weight is 385 g/mol. The van der Waals surface area contributed by atoms with E-state index in [1.807, 2.05) is 0 Å². The first kappa shape index (κ1) is 17.4. The van der Waals surface area contributed by atoms with Gasteiger partial charge >= 0.3 is 0 Å². The summed E-state index contributed by atoms with van der Waals surface area (Å²) >= 11 is 4.13. The Bertz CT molecular complexity index is 554. The molecule has 2 bridgehead atoms. The van der Waals surface area contributed by atoms with Crippen molar-refractivity contribution in [1.82, 2.24) is 0 Å². The van der Waals surface area contributed by atoms with Crippen LogP contribution in [0.15, 0.2) is 11.6 Å². The molecular weight excluding hydrogens is 356 g/mol. The summed E-state index contributed by atoms with van der Waals surface area (Å²) in [4.78, 5) is 0. The third kappa shape index (κ3) is 2.92. The van der Waals surface area contributed by atoms with Crippen LogP contribution in [0.1, 0.15) is 51.9 Å². The summed E-state index contributed by atoms with van der Waals surface area (Å²) in [5.41, 5.74) is 1.23. The topological polar surface area (TPSA) is 36.9 Å². The molecule has 4 saturated heterocycles. The Hall–Kier alpha value is 0.280. The largest absolute Gasteiger partial charge is 0.349 e. The van der Waals surface area contributed by atoms with Crippen LogP contribution in [0.4, 0.5) is 0 Å². The first-order chi connectivity index (χ1) is 12.1. The average Bonchev–Trinajstić information content (AvgIpc) is 2.96. The molecule has 6 heteroatoms. The minimum absolute atomic E-state index is 0.0643. The van der Waals surface area contributed by atoms with E-state index in [4.69, 9.17) is 18.9 Å². The van der Waals surface area contributed by atoms with Crippen LogP contribution in [0, 0.1) is 0 Å². The molecule has 5 rings (SSSR count). The first-order valence-corrected chi connectivity index (χ1v) is 11.7. The second-order valence-electron chi connectivity index (χ2n) is 8.09. The zero-order chi connectivity index (χ0) is 17.0. The third-order valence-corrected chi connectivity index (χ3v) is 9.79. The van der Waals surface area contributed by atoms with E-state index in [0.29, 0.717) is 0 Å². The zero-order valence-corrected chi connectivity index (χ0v) is 16.6. The first-order valence-electron chi connectivity index (χ1n) is 9.71. The summed E-state index contributed by atoms with van der Waals surface area (Å²) in [5.74, 6) is 2.10. The van der Waals surface area contributed by atoms with Crippen molar-refractivity contribution >= 4 is 23.5 Å². The third-order valence-electron chi connectivity index (χ3n) is 6.33. The standard InChI is InChI=1S/C19H28O4S2/c1-17-8-9-19(24-12-3-13-25-19)16(23-17)22-15(17)14-4-6-18(7-5-14)20-10-2-11-21-18/h4,15-16H,2-3,5-13H2,1H3/t15-,16-,17+/m0/s1. The molecular formula is C19H28O4S2. The van der Waals surface area contributed by atoms with E-state index in [0.717, 1.165) is 45.3 Å². The lowest BCUT2D eigenvalue weighted by molar-refractivity contribution is -0.270. The molecule has 5 aliphatic rings. The summed E-state index contributed by atoms with van der Waals surface area (Å²) in [5, 5.41) is 0. The lowest BCUT2D eigenvalue weighted by Gasteiger charge is -2.44. The van der Waals surface area contributed by atoms with Gasteiger partial charge in [0.2, 0.25) is 0 Å². The maximum atomic E-state index is 6.58. The summed E-state index contributed by atoms with van der Waals surface area (Å²) < 4.78 is 25.2. The molecule has 4 heterocycles. The van der Waals surface area contributed by atoms with Gasteiger partial charge in [0.1, 0.15) is 10.2 Å². The Morgan fingerprint density at radius 1 is 1.04 bits per heavy atom. The zero-order valence-electron chi connectivity index (χ0n) is 15.0. The van der Waals surface area contributed by atoms with Crippen LogP contribution in [0.5, 0.6) is 0 Å². The van der Waals surface area contributed by atoms with Crippen LogP contribution in [0.25, 0.3) is 0 Å². The van der Waals surface area contributed by atoms with Gasteiger partial charge in [0, 0.05) is 12.8 Å². The van der Waals surface area contributed by atoms with E-state index in [2.05, 4.69) is 36.5 Å². The highest BCUT2D eigenvalue weighted by molar-refractivity contribution is 8.18. The van der Waals surface area contributed by atoms with Crippen LogP contribution in [0.3, 0.4) is 0 Å². The van der Waals surface area contributed by atoms with Crippen molar-refractivity contribution in [3.05, 3.63) is 11.6 Å². The predicted molar refractivity (Wildman–Crippen MR) is 101 cm³/mol. The molecule has 25 heavy (non-hydrogen) atoms. The van der Waals surface area contributed by atoms with E-state index < -0.39 is 0 Å². The van der Waals surface area contributed by atoms with Gasteiger partial charge in [-0.3, -0.25) is 0 Å². The fourth-order valence-electron chi connectivity index (χ4n) is 4.82. The molecule has 4 aliphatic heterocycles. The lowest BCUT2D eigenvalue weighted by Crippen LogP contribution is -2.48. The Kier molecular flexibility index (Phi) is 4.46. The molecule has 0 N–H and O–H groups in total. The van der Waals surface area contributed by atoms with Crippen LogP contribution in [-0.4, -0.2) is 52.6 Å². The molecule has 4 fully saturated rings. The molecule has 0 amide bonds. The highest BCUT2D eigenvalue weighted by atomic mass is 32.2. The Morgan fingerprint density at radius 3 is 2.56 bits per heavy atom. The summed E-state index contributed by atoms with van der Waals surface area (Å²) in [7, 11) is 0. The molecule has 2 spiro atoms. The second kappa shape index (κ2) is 6.42. The smallest absolute Gasteiger partial charge is 0.182 e. The number of fused-ring (bicyclic) bond motifs is 3. The molecule has 0 aromatic carbocycles. The highest BCUT2D eigenvalue weighted by Gasteiger charge is 2.60. The van der Waals surface area contributed by atoms with Gasteiger partial charge in [-0.1, -0.05) is 6.08 Å². The number of ether oxygens (including phenoxy) is 4. The summed E-state index contributed by atoms with van der Waals surface area (Å²) in [6.07, 6.45) is 9.73. The predicted octanol–water partition coefficient (Wildman–Crippen LogP) is 4.09. The van der Waals surface area contributed by atoms with E-state index in [-0.39, 0.29) is 27.9 Å². The number of hydrogen-bond acceptors (Lipinski definition) is 6. The summed E-state index contributed by atoms with van der Waals surface area (Å²) in [6, 6.07) is 0. The minimum Gasteiger partial charge on any atom is -0.349 e. The van der Waals surface area contributed by atoms with Crippen molar-refractivity contribution in [3.63, 3.8) is 0 Å². The van der Waals surface area contributed by atoms with E-state index >= 15 is 0 Å². The van der Waals surface area contributed by atoms with Gasteiger partial charge < -0.3 is 18.9 Å². The fraction of sp³-hybridized carbons (Fsp3) is 0.895. The summed E-state index contributed by atoms with van der Waals surface area (Å²) in [6.45, 7) is 3.90. The van der Waals surface area contributed by atoms with E-state index in [9.17, 15) is 0 Å². The van der Waals surface area contributed by atoms with Crippen molar-refractivity contribution < 1.29 is 18.9 Å². The molecule has 0 aromatic heterocycles. The van der Waals surface area contributed by atoms with E-state index in [1.165, 1.54) is 29.9 Å². The molecule has 0 unspecified atom stereocenters. The molecule has 0 radical (unpaired) electrons. The van der Waals surface area contributed by atoms with E-state index in [1.54, 1.807) is 0 Å². The van der Waals surface area contributed by atoms with Crippen molar-refractivity contribution in [2.24, 2.45) is 0 Å². The Balaban J connectivity index is 1.33. The fourth-order valence-corrected chi connectivity index (χ4v) is 8.08. The van der Waals surface area contributed by atoms with Gasteiger partial charge in [-0.05, 0) is 56.1 Å². The number of thioether (sulfide) groups is 2. The minimum atomic E-state index is -0.368. The molecule has 140 valence electrons. The maximum absolute atomic E-state index is 6.58. The van der Waals surface area contributed by atoms with Crippen molar-refractivity contribution in [2.75, 3.05) is 24.7 Å². The van der Waals surface area contributed by atoms with Gasteiger partial charge in [0.15, 0.2) is 12.1 Å². The van der Waals surface area contributed by atoms with Gasteiger partial charge in [-0.25, -0.2) is 0 Å². The van der Waals surface area contributed by atoms with Crippen molar-refractivity contribution in [3.8, 4) is 0 Å². The highest BCUT2D eigenvalue weighted by Crippen LogP contribution is 2.59.